The number of carbonyl (C=O) groups excluding carboxylic acids is 1. The summed E-state index contributed by atoms with van der Waals surface area (Å²) in [6, 6.07) is 10.6. The van der Waals surface area contributed by atoms with Crippen LogP contribution in [0.2, 0.25) is 0 Å². The van der Waals surface area contributed by atoms with Gasteiger partial charge in [-0.05, 0) is 12.1 Å². The number of Topliss-reactive ketones (excluding diaryl/α,β-unsaturated/α-hetero) is 1. The quantitative estimate of drug-likeness (QED) is 0.572. The number of halogens is 1. The van der Waals surface area contributed by atoms with Gasteiger partial charge in [-0.25, -0.2) is 0 Å². The number of allylic oxidation sites excluding steroid dienone is 4. The van der Waals surface area contributed by atoms with Crippen molar-refractivity contribution in [1.82, 2.24) is 0 Å². The largest absolute Gasteiger partial charge is 0.353 e. The van der Waals surface area contributed by atoms with E-state index in [1.54, 1.807) is 0 Å². The fraction of sp³-hybridized carbons (Fsp3) is 0.389. The molecule has 20 heavy (non-hydrogen) atoms. The Bertz CT molecular complexity index is 547. The van der Waals surface area contributed by atoms with Crippen LogP contribution in [0.15, 0.2) is 51.6 Å². The summed E-state index contributed by atoms with van der Waals surface area (Å²) in [6.45, 7) is 8.20. The van der Waals surface area contributed by atoms with Gasteiger partial charge in [-0.3, -0.25) is 4.79 Å². The summed E-state index contributed by atoms with van der Waals surface area (Å²) >= 11 is -0.236. The molecular weight excluding hydrogens is 359 g/mol. The van der Waals surface area contributed by atoms with Crippen LogP contribution in [0.4, 0.5) is 0 Å². The normalized spacial score (nSPS) is 19.3. The first kappa shape index (κ1) is 15.5. The summed E-state index contributed by atoms with van der Waals surface area (Å²) in [5.74, 6) is 0.578. The number of rotatable bonds is 3. The number of hydrogen-bond donors (Lipinski definition) is 0. The predicted octanol–water partition coefficient (Wildman–Crippen LogP) is 1.41. The average molecular weight is 381 g/mol. The van der Waals surface area contributed by atoms with Crippen molar-refractivity contribution in [3.63, 3.8) is 0 Å². The van der Waals surface area contributed by atoms with E-state index < -0.39 is 0 Å². The highest BCUT2D eigenvalue weighted by Crippen LogP contribution is 2.29. The smallest absolute Gasteiger partial charge is 0.294 e. The molecule has 1 aliphatic rings. The van der Waals surface area contributed by atoms with Gasteiger partial charge in [0.05, 0.1) is 5.57 Å². The molecule has 1 nitrogen and oxygen atoms in total. The van der Waals surface area contributed by atoms with Gasteiger partial charge < -0.3 is 0 Å². The molecule has 0 saturated carbocycles. The van der Waals surface area contributed by atoms with Crippen molar-refractivity contribution in [1.29, 1.82) is 0 Å². The highest BCUT2D eigenvalue weighted by Gasteiger charge is 2.36. The molecule has 2 heteroatoms. The van der Waals surface area contributed by atoms with Crippen molar-refractivity contribution in [2.75, 3.05) is 0 Å². The lowest BCUT2D eigenvalue weighted by molar-refractivity contribution is -0.579. The highest BCUT2D eigenvalue weighted by atomic mass is 127. The van der Waals surface area contributed by atoms with Gasteiger partial charge in [0.25, 0.3) is 0 Å². The Balaban J connectivity index is 2.36. The van der Waals surface area contributed by atoms with E-state index in [1.807, 2.05) is 26.8 Å². The molecule has 1 atom stereocenters. The maximum atomic E-state index is 12.8. The maximum absolute atomic E-state index is 12.8. The summed E-state index contributed by atoms with van der Waals surface area (Å²) in [4.78, 5) is 12.8. The summed E-state index contributed by atoms with van der Waals surface area (Å²) in [6.07, 6.45) is 5.35. The molecule has 1 aromatic rings. The summed E-state index contributed by atoms with van der Waals surface area (Å²) in [7, 11) is 0. The maximum Gasteiger partial charge on any atom is 0.353 e. The first-order valence-electron chi connectivity index (χ1n) is 7.04. The third-order valence-electron chi connectivity index (χ3n) is 3.35. The van der Waals surface area contributed by atoms with Crippen LogP contribution in [0.25, 0.3) is 0 Å². The molecule has 0 N–H and O–H groups in total. The van der Waals surface area contributed by atoms with Crippen molar-refractivity contribution in [3.8, 4) is 0 Å². The fourth-order valence-corrected chi connectivity index (χ4v) is 5.29. The van der Waals surface area contributed by atoms with Gasteiger partial charge in [0.15, 0.2) is 12.9 Å². The van der Waals surface area contributed by atoms with Crippen LogP contribution in [0.5, 0.6) is 0 Å². The molecule has 0 bridgehead atoms. The van der Waals surface area contributed by atoms with Crippen LogP contribution in [0, 0.1) is 14.9 Å². The number of benzene rings is 1. The van der Waals surface area contributed by atoms with Crippen LogP contribution in [0.3, 0.4) is 0 Å². The van der Waals surface area contributed by atoms with E-state index in [0.717, 1.165) is 12.0 Å². The van der Waals surface area contributed by atoms with E-state index in [2.05, 4.69) is 43.3 Å². The standard InChI is InChI=1S/C18H22IO/c1-13-9-8-12-15(16(13)17(20)18(2,3)4)19-14-10-6-5-7-11-14/h5-11,13H,12H2,1-4H3/q+1. The number of hydrogen-bond acceptors (Lipinski definition) is 1. The second-order valence-electron chi connectivity index (χ2n) is 6.21. The number of carbonyl (C=O) groups is 1. The molecule has 0 radical (unpaired) electrons. The molecule has 1 unspecified atom stereocenters. The Labute approximate surface area is 132 Å². The highest BCUT2D eigenvalue weighted by molar-refractivity contribution is 6.00. The minimum absolute atomic E-state index is 0.236. The lowest BCUT2D eigenvalue weighted by atomic mass is 9.80. The third kappa shape index (κ3) is 3.60. The monoisotopic (exact) mass is 381 g/mol. The van der Waals surface area contributed by atoms with Crippen LogP contribution >= 0.6 is 0 Å². The molecule has 0 aliphatic heterocycles. The fourth-order valence-electron chi connectivity index (χ4n) is 2.26. The molecule has 0 fully saturated rings. The second kappa shape index (κ2) is 6.25. The lowest BCUT2D eigenvalue weighted by Gasteiger charge is -2.23. The van der Waals surface area contributed by atoms with Crippen molar-refractivity contribution < 1.29 is 26.0 Å². The predicted molar refractivity (Wildman–Crippen MR) is 79.5 cm³/mol. The van der Waals surface area contributed by atoms with E-state index in [4.69, 9.17) is 0 Å². The van der Waals surface area contributed by atoms with Crippen LogP contribution in [0.1, 0.15) is 34.1 Å². The van der Waals surface area contributed by atoms with E-state index >= 15 is 0 Å². The summed E-state index contributed by atoms with van der Waals surface area (Å²) in [5, 5.41) is 0. The van der Waals surface area contributed by atoms with Crippen LogP contribution in [-0.4, -0.2) is 5.78 Å². The Morgan fingerprint density at radius 3 is 2.45 bits per heavy atom. The van der Waals surface area contributed by atoms with Gasteiger partial charge in [-0.1, -0.05) is 58.0 Å². The van der Waals surface area contributed by atoms with Gasteiger partial charge >= 0.3 is 21.2 Å². The van der Waals surface area contributed by atoms with E-state index in [1.165, 1.54) is 7.15 Å². The average Bonchev–Trinajstić information content (AvgIpc) is 2.38. The molecule has 0 saturated heterocycles. The molecule has 0 spiro atoms. The third-order valence-corrected chi connectivity index (χ3v) is 6.37. The van der Waals surface area contributed by atoms with Gasteiger partial charge in [0.2, 0.25) is 0 Å². The summed E-state index contributed by atoms with van der Waals surface area (Å²) < 4.78 is 2.79. The molecular formula is C18H22IO+. The van der Waals surface area contributed by atoms with Crippen LogP contribution in [-0.2, 0) is 4.79 Å². The lowest BCUT2D eigenvalue weighted by Crippen LogP contribution is -3.61. The Morgan fingerprint density at radius 1 is 1.20 bits per heavy atom. The minimum atomic E-state index is -0.291. The van der Waals surface area contributed by atoms with E-state index in [-0.39, 0.29) is 32.5 Å². The summed E-state index contributed by atoms with van der Waals surface area (Å²) in [5.41, 5.74) is 0.789. The first-order valence-corrected chi connectivity index (χ1v) is 9.19. The Morgan fingerprint density at radius 2 is 1.85 bits per heavy atom. The van der Waals surface area contributed by atoms with Gasteiger partial charge in [-0.15, -0.1) is 0 Å². The first-order chi connectivity index (χ1) is 9.39. The van der Waals surface area contributed by atoms with E-state index in [9.17, 15) is 4.79 Å². The van der Waals surface area contributed by atoms with Gasteiger partial charge in [-0.2, -0.15) is 0 Å². The molecule has 0 heterocycles. The zero-order valence-electron chi connectivity index (χ0n) is 12.6. The van der Waals surface area contributed by atoms with Crippen LogP contribution < -0.4 is 21.2 Å². The Hall–Kier alpha value is -0.900. The second-order valence-corrected chi connectivity index (χ2v) is 9.30. The topological polar surface area (TPSA) is 17.1 Å². The molecule has 2 rings (SSSR count). The van der Waals surface area contributed by atoms with Gasteiger partial charge in [0.1, 0.15) is 0 Å². The van der Waals surface area contributed by atoms with Crippen molar-refractivity contribution in [3.05, 3.63) is 55.2 Å². The van der Waals surface area contributed by atoms with E-state index in [0.29, 0.717) is 5.78 Å². The van der Waals surface area contributed by atoms with Gasteiger partial charge in [0, 0.05) is 17.8 Å². The molecule has 0 amide bonds. The Kier molecular flexibility index (Phi) is 4.84. The van der Waals surface area contributed by atoms with Crippen molar-refractivity contribution >= 4 is 5.78 Å². The minimum Gasteiger partial charge on any atom is -0.294 e. The van der Waals surface area contributed by atoms with Crippen molar-refractivity contribution in [2.24, 2.45) is 11.3 Å². The number of ketones is 1. The molecule has 0 aromatic heterocycles. The molecule has 1 aromatic carbocycles. The molecule has 1 aliphatic carbocycles. The SMILES string of the molecule is CC1C=CCC([I+]c2ccccc2)=C1C(=O)C(C)(C)C. The zero-order valence-corrected chi connectivity index (χ0v) is 14.8. The zero-order chi connectivity index (χ0) is 14.8. The molecule has 106 valence electrons. The van der Waals surface area contributed by atoms with Crippen molar-refractivity contribution in [2.45, 2.75) is 34.1 Å².